The predicted octanol–water partition coefficient (Wildman–Crippen LogP) is 3.47. The second-order valence-electron chi connectivity index (χ2n) is 6.59. The second kappa shape index (κ2) is 7.75. The number of methoxy groups -OCH3 is 1. The molecule has 8 heteroatoms. The molecule has 0 saturated heterocycles. The molecule has 1 atom stereocenters. The smallest absolute Gasteiger partial charge is 0.255 e. The van der Waals surface area contributed by atoms with E-state index in [1.807, 2.05) is 44.2 Å². The van der Waals surface area contributed by atoms with Crippen LogP contribution in [0.15, 0.2) is 53.1 Å². The van der Waals surface area contributed by atoms with Crippen molar-refractivity contribution < 1.29 is 13.9 Å². The van der Waals surface area contributed by atoms with Crippen LogP contribution >= 0.6 is 0 Å². The number of ether oxygens (including phenoxy) is 1. The molecule has 0 radical (unpaired) electrons. The molecule has 0 aliphatic carbocycles. The van der Waals surface area contributed by atoms with Gasteiger partial charge in [-0.2, -0.15) is 5.10 Å². The van der Waals surface area contributed by atoms with Gasteiger partial charge in [-0.3, -0.25) is 4.79 Å². The van der Waals surface area contributed by atoms with Gasteiger partial charge in [0.15, 0.2) is 5.82 Å². The monoisotopic (exact) mass is 391 g/mol. The standard InChI is InChI=1S/C21H21N5O3/c1-4-16-15(12-22-26(16)19-9-10-20(28-3)25-24-19)21(27)23-13(2)18-11-14-7-5-6-8-17(14)29-18/h5-13H,4H2,1-3H3,(H,23,27). The maximum Gasteiger partial charge on any atom is 0.255 e. The van der Waals surface area contributed by atoms with Gasteiger partial charge in [-0.25, -0.2) is 4.68 Å². The van der Waals surface area contributed by atoms with Crippen LogP contribution < -0.4 is 10.1 Å². The van der Waals surface area contributed by atoms with E-state index in [-0.39, 0.29) is 11.9 Å². The van der Waals surface area contributed by atoms with Crippen LogP contribution in [-0.4, -0.2) is 33.0 Å². The Balaban J connectivity index is 1.57. The van der Waals surface area contributed by atoms with E-state index in [0.29, 0.717) is 29.4 Å². The third-order valence-corrected chi connectivity index (χ3v) is 4.72. The van der Waals surface area contributed by atoms with E-state index in [9.17, 15) is 4.79 Å². The lowest BCUT2D eigenvalue weighted by Crippen LogP contribution is -2.27. The number of nitrogens with zero attached hydrogens (tertiary/aromatic N) is 4. The Bertz CT molecular complexity index is 1110. The van der Waals surface area contributed by atoms with E-state index < -0.39 is 0 Å². The summed E-state index contributed by atoms with van der Waals surface area (Å²) >= 11 is 0. The number of benzene rings is 1. The van der Waals surface area contributed by atoms with Gasteiger partial charge in [-0.15, -0.1) is 10.2 Å². The van der Waals surface area contributed by atoms with Gasteiger partial charge < -0.3 is 14.5 Å². The summed E-state index contributed by atoms with van der Waals surface area (Å²) in [7, 11) is 1.53. The highest BCUT2D eigenvalue weighted by Gasteiger charge is 2.21. The van der Waals surface area contributed by atoms with Crippen molar-refractivity contribution in [2.24, 2.45) is 0 Å². The van der Waals surface area contributed by atoms with Gasteiger partial charge in [0.05, 0.1) is 30.6 Å². The van der Waals surface area contributed by atoms with Crippen LogP contribution in [0.2, 0.25) is 0 Å². The van der Waals surface area contributed by atoms with Crippen LogP contribution in [0.3, 0.4) is 0 Å². The van der Waals surface area contributed by atoms with Crippen molar-refractivity contribution in [3.8, 4) is 11.7 Å². The van der Waals surface area contributed by atoms with Crippen molar-refractivity contribution in [3.05, 3.63) is 65.7 Å². The molecule has 148 valence electrons. The summed E-state index contributed by atoms with van der Waals surface area (Å²) in [6.45, 7) is 3.85. The number of nitrogens with one attached hydrogen (secondary N) is 1. The van der Waals surface area contributed by atoms with Gasteiger partial charge in [0.1, 0.15) is 11.3 Å². The lowest BCUT2D eigenvalue weighted by atomic mass is 10.1. The minimum absolute atomic E-state index is 0.220. The number of carbonyl (C=O) groups excluding carboxylic acids is 1. The molecular formula is C21H21N5O3. The molecule has 4 aromatic rings. The SMILES string of the molecule is CCc1c(C(=O)NC(C)c2cc3ccccc3o2)cnn1-c1ccc(OC)nn1. The summed E-state index contributed by atoms with van der Waals surface area (Å²) in [5.74, 6) is 1.41. The lowest BCUT2D eigenvalue weighted by Gasteiger charge is -2.12. The largest absolute Gasteiger partial charge is 0.480 e. The van der Waals surface area contributed by atoms with Gasteiger partial charge >= 0.3 is 0 Å². The van der Waals surface area contributed by atoms with E-state index >= 15 is 0 Å². The fraction of sp³-hybridized carbons (Fsp3) is 0.238. The highest BCUT2D eigenvalue weighted by atomic mass is 16.5. The van der Waals surface area contributed by atoms with E-state index in [0.717, 1.165) is 16.7 Å². The number of amides is 1. The van der Waals surface area contributed by atoms with Crippen LogP contribution in [0.4, 0.5) is 0 Å². The first-order valence-electron chi connectivity index (χ1n) is 9.35. The number of hydrogen-bond donors (Lipinski definition) is 1. The van der Waals surface area contributed by atoms with Gasteiger partial charge in [-0.05, 0) is 31.5 Å². The Labute approximate surface area is 167 Å². The fourth-order valence-corrected chi connectivity index (χ4v) is 3.20. The molecule has 3 heterocycles. The zero-order chi connectivity index (χ0) is 20.4. The average molecular weight is 391 g/mol. The van der Waals surface area contributed by atoms with Crippen molar-refractivity contribution in [3.63, 3.8) is 0 Å². The van der Waals surface area contributed by atoms with E-state index in [2.05, 4.69) is 20.6 Å². The number of para-hydroxylation sites is 1. The fourth-order valence-electron chi connectivity index (χ4n) is 3.20. The molecule has 0 saturated carbocycles. The lowest BCUT2D eigenvalue weighted by molar-refractivity contribution is 0.0934. The number of hydrogen-bond acceptors (Lipinski definition) is 6. The minimum atomic E-state index is -0.288. The van der Waals surface area contributed by atoms with Crippen molar-refractivity contribution in [1.29, 1.82) is 0 Å². The van der Waals surface area contributed by atoms with Crippen LogP contribution in [0, 0.1) is 0 Å². The van der Waals surface area contributed by atoms with Crippen molar-refractivity contribution in [2.75, 3.05) is 7.11 Å². The molecule has 0 bridgehead atoms. The molecule has 1 N–H and O–H groups in total. The molecule has 1 aromatic carbocycles. The number of aromatic nitrogens is 4. The number of fused-ring (bicyclic) bond motifs is 1. The minimum Gasteiger partial charge on any atom is -0.480 e. The molecule has 4 rings (SSSR count). The average Bonchev–Trinajstić information content (AvgIpc) is 3.38. The molecule has 29 heavy (non-hydrogen) atoms. The summed E-state index contributed by atoms with van der Waals surface area (Å²) in [6.07, 6.45) is 2.15. The van der Waals surface area contributed by atoms with Crippen molar-refractivity contribution >= 4 is 16.9 Å². The van der Waals surface area contributed by atoms with E-state index in [1.165, 1.54) is 7.11 Å². The van der Waals surface area contributed by atoms with Crippen molar-refractivity contribution in [2.45, 2.75) is 26.3 Å². The highest BCUT2D eigenvalue weighted by Crippen LogP contribution is 2.24. The normalized spacial score (nSPS) is 12.1. The third kappa shape index (κ3) is 3.56. The Hall–Kier alpha value is -3.68. The first-order valence-corrected chi connectivity index (χ1v) is 9.35. The maximum atomic E-state index is 12.9. The molecule has 1 amide bonds. The number of carbonyl (C=O) groups is 1. The number of rotatable bonds is 6. The van der Waals surface area contributed by atoms with Crippen LogP contribution in [0.25, 0.3) is 16.8 Å². The maximum absolute atomic E-state index is 12.9. The van der Waals surface area contributed by atoms with Crippen molar-refractivity contribution in [1.82, 2.24) is 25.3 Å². The van der Waals surface area contributed by atoms with Crippen LogP contribution in [0.5, 0.6) is 5.88 Å². The Morgan fingerprint density at radius 3 is 2.76 bits per heavy atom. The first kappa shape index (κ1) is 18.7. The van der Waals surface area contributed by atoms with Crippen LogP contribution in [0.1, 0.15) is 41.7 Å². The van der Waals surface area contributed by atoms with E-state index in [1.54, 1.807) is 23.0 Å². The predicted molar refractivity (Wildman–Crippen MR) is 107 cm³/mol. The quantitative estimate of drug-likeness (QED) is 0.541. The summed E-state index contributed by atoms with van der Waals surface area (Å²) in [5, 5.41) is 16.4. The molecule has 0 fully saturated rings. The van der Waals surface area contributed by atoms with E-state index in [4.69, 9.17) is 9.15 Å². The first-order chi connectivity index (χ1) is 14.1. The third-order valence-electron chi connectivity index (χ3n) is 4.72. The van der Waals surface area contributed by atoms with Gasteiger partial charge in [0.25, 0.3) is 5.91 Å². The van der Waals surface area contributed by atoms with Gasteiger partial charge in [0.2, 0.25) is 5.88 Å². The summed E-state index contributed by atoms with van der Waals surface area (Å²) in [6, 6.07) is 12.9. The molecule has 0 aliphatic heterocycles. The molecule has 0 aliphatic rings. The molecular weight excluding hydrogens is 370 g/mol. The summed E-state index contributed by atoms with van der Waals surface area (Å²) < 4.78 is 12.5. The zero-order valence-electron chi connectivity index (χ0n) is 16.4. The highest BCUT2D eigenvalue weighted by molar-refractivity contribution is 5.95. The van der Waals surface area contributed by atoms with Crippen LogP contribution in [-0.2, 0) is 6.42 Å². The molecule has 8 nitrogen and oxygen atoms in total. The topological polar surface area (TPSA) is 95.1 Å². The molecule has 0 spiro atoms. The Kier molecular flexibility index (Phi) is 4.99. The zero-order valence-corrected chi connectivity index (χ0v) is 16.4. The molecule has 1 unspecified atom stereocenters. The van der Waals surface area contributed by atoms with Gasteiger partial charge in [-0.1, -0.05) is 25.1 Å². The number of furan rings is 1. The second-order valence-corrected chi connectivity index (χ2v) is 6.59. The Morgan fingerprint density at radius 1 is 1.24 bits per heavy atom. The van der Waals surface area contributed by atoms with Gasteiger partial charge in [0, 0.05) is 11.5 Å². The Morgan fingerprint density at radius 2 is 2.07 bits per heavy atom. The summed E-state index contributed by atoms with van der Waals surface area (Å²) in [4.78, 5) is 12.9. The molecule has 3 aromatic heterocycles. The summed E-state index contributed by atoms with van der Waals surface area (Å²) in [5.41, 5.74) is 2.04.